The third-order valence-corrected chi connectivity index (χ3v) is 3.66. The van der Waals surface area contributed by atoms with E-state index >= 15 is 0 Å². The Morgan fingerprint density at radius 3 is 2.61 bits per heavy atom. The molecular formula is C18H26O5. The summed E-state index contributed by atoms with van der Waals surface area (Å²) in [5, 5.41) is 0. The van der Waals surface area contributed by atoms with Crippen molar-refractivity contribution in [3.63, 3.8) is 0 Å². The van der Waals surface area contributed by atoms with Crippen LogP contribution in [0, 0.1) is 0 Å². The maximum atomic E-state index is 11.2. The smallest absolute Gasteiger partial charge is 0.302 e. The number of carbonyl (C=O) groups is 1. The summed E-state index contributed by atoms with van der Waals surface area (Å²) in [6.07, 6.45) is 0.245. The van der Waals surface area contributed by atoms with Crippen LogP contribution in [0.5, 0.6) is 0 Å². The van der Waals surface area contributed by atoms with Crippen LogP contribution in [0.4, 0.5) is 0 Å². The van der Waals surface area contributed by atoms with Crippen LogP contribution in [0.1, 0.15) is 39.7 Å². The van der Waals surface area contributed by atoms with Crippen LogP contribution in [0.2, 0.25) is 0 Å². The fourth-order valence-corrected chi connectivity index (χ4v) is 2.77. The van der Waals surface area contributed by atoms with E-state index in [1.165, 1.54) is 6.92 Å². The molecule has 1 fully saturated rings. The zero-order valence-corrected chi connectivity index (χ0v) is 14.3. The average Bonchev–Trinajstić information content (AvgIpc) is 2.46. The van der Waals surface area contributed by atoms with Crippen LogP contribution >= 0.6 is 0 Å². The molecule has 1 aliphatic rings. The van der Waals surface area contributed by atoms with Crippen molar-refractivity contribution in [2.75, 3.05) is 6.61 Å². The predicted molar refractivity (Wildman–Crippen MR) is 85.8 cm³/mol. The van der Waals surface area contributed by atoms with Crippen LogP contribution < -0.4 is 0 Å². The van der Waals surface area contributed by atoms with Crippen molar-refractivity contribution in [3.05, 3.63) is 35.9 Å². The highest BCUT2D eigenvalue weighted by Crippen LogP contribution is 2.29. The van der Waals surface area contributed by atoms with Gasteiger partial charge in [0.1, 0.15) is 12.7 Å². The minimum Gasteiger partial charge on any atom is -0.463 e. The number of hydrogen-bond donors (Lipinski definition) is 0. The molecule has 1 aromatic carbocycles. The average molecular weight is 322 g/mol. The molecule has 1 aliphatic heterocycles. The van der Waals surface area contributed by atoms with Crippen LogP contribution in [-0.2, 0) is 30.3 Å². The molecule has 0 amide bonds. The van der Waals surface area contributed by atoms with Gasteiger partial charge in [0.25, 0.3) is 0 Å². The lowest BCUT2D eigenvalue weighted by molar-refractivity contribution is -0.314. The standard InChI is InChI=1S/C18H26O5/c1-13-10-16(23-18(3,4)22-13)17(12-20-14(2)19)21-11-15-8-6-5-7-9-15/h5-9,13,16-17H,10-12H2,1-4H3/t13-,16-,17+/m1/s1. The Hall–Kier alpha value is -1.43. The van der Waals surface area contributed by atoms with Gasteiger partial charge in [0.2, 0.25) is 0 Å². The maximum Gasteiger partial charge on any atom is 0.302 e. The molecule has 0 saturated carbocycles. The molecule has 3 atom stereocenters. The van der Waals surface area contributed by atoms with Crippen LogP contribution in [0.15, 0.2) is 30.3 Å². The third kappa shape index (κ3) is 5.94. The van der Waals surface area contributed by atoms with Gasteiger partial charge in [-0.05, 0) is 26.3 Å². The summed E-state index contributed by atoms with van der Waals surface area (Å²) >= 11 is 0. The van der Waals surface area contributed by atoms with E-state index in [4.69, 9.17) is 18.9 Å². The zero-order valence-electron chi connectivity index (χ0n) is 14.3. The lowest BCUT2D eigenvalue weighted by atomic mass is 10.0. The zero-order chi connectivity index (χ0) is 16.9. The van der Waals surface area contributed by atoms with Gasteiger partial charge < -0.3 is 18.9 Å². The van der Waals surface area contributed by atoms with Crippen molar-refractivity contribution in [2.24, 2.45) is 0 Å². The molecule has 1 heterocycles. The number of benzene rings is 1. The molecule has 128 valence electrons. The maximum absolute atomic E-state index is 11.2. The topological polar surface area (TPSA) is 54.0 Å². The minimum absolute atomic E-state index is 0.0592. The van der Waals surface area contributed by atoms with Gasteiger partial charge in [-0.2, -0.15) is 0 Å². The van der Waals surface area contributed by atoms with Gasteiger partial charge in [-0.1, -0.05) is 30.3 Å². The second-order valence-electron chi connectivity index (χ2n) is 6.36. The van der Waals surface area contributed by atoms with Crippen molar-refractivity contribution < 1.29 is 23.7 Å². The second-order valence-corrected chi connectivity index (χ2v) is 6.36. The van der Waals surface area contributed by atoms with Gasteiger partial charge in [-0.3, -0.25) is 4.79 Å². The molecule has 0 spiro atoms. The molecule has 23 heavy (non-hydrogen) atoms. The molecule has 0 aliphatic carbocycles. The van der Waals surface area contributed by atoms with Crippen LogP contribution in [-0.4, -0.2) is 36.7 Å². The Morgan fingerprint density at radius 1 is 1.30 bits per heavy atom. The molecular weight excluding hydrogens is 296 g/mol. The molecule has 2 rings (SSSR count). The van der Waals surface area contributed by atoms with Gasteiger partial charge in [-0.25, -0.2) is 0 Å². The number of rotatable bonds is 6. The fraction of sp³-hybridized carbons (Fsp3) is 0.611. The molecule has 0 unspecified atom stereocenters. The van der Waals surface area contributed by atoms with Crippen LogP contribution in [0.25, 0.3) is 0 Å². The summed E-state index contributed by atoms with van der Waals surface area (Å²) in [7, 11) is 0. The summed E-state index contributed by atoms with van der Waals surface area (Å²) < 4.78 is 22.9. The van der Waals surface area contributed by atoms with Crippen LogP contribution in [0.3, 0.4) is 0 Å². The molecule has 0 N–H and O–H groups in total. The van der Waals surface area contributed by atoms with E-state index in [0.717, 1.165) is 5.56 Å². The molecule has 5 nitrogen and oxygen atoms in total. The Balaban J connectivity index is 2.02. The summed E-state index contributed by atoms with van der Waals surface area (Å²) in [5.74, 6) is -0.995. The summed E-state index contributed by atoms with van der Waals surface area (Å²) in [6, 6.07) is 9.90. The van der Waals surface area contributed by atoms with E-state index in [-0.39, 0.29) is 30.9 Å². The highest BCUT2D eigenvalue weighted by atomic mass is 16.7. The molecule has 1 saturated heterocycles. The Labute approximate surface area is 137 Å². The molecule has 0 aromatic heterocycles. The number of esters is 1. The van der Waals surface area contributed by atoms with Gasteiger partial charge in [0.15, 0.2) is 5.79 Å². The third-order valence-electron chi connectivity index (χ3n) is 3.66. The first kappa shape index (κ1) is 17.9. The van der Waals surface area contributed by atoms with Gasteiger partial charge in [0.05, 0.1) is 18.8 Å². The normalized spacial score (nSPS) is 24.9. The van der Waals surface area contributed by atoms with Crippen molar-refractivity contribution >= 4 is 5.97 Å². The summed E-state index contributed by atoms with van der Waals surface area (Å²) in [5.41, 5.74) is 1.07. The van der Waals surface area contributed by atoms with E-state index in [1.807, 2.05) is 51.1 Å². The van der Waals surface area contributed by atoms with Gasteiger partial charge in [0, 0.05) is 13.3 Å². The van der Waals surface area contributed by atoms with E-state index in [9.17, 15) is 4.79 Å². The molecule has 5 heteroatoms. The Morgan fingerprint density at radius 2 is 2.00 bits per heavy atom. The highest BCUT2D eigenvalue weighted by molar-refractivity contribution is 5.65. The lowest BCUT2D eigenvalue weighted by Gasteiger charge is -2.42. The lowest BCUT2D eigenvalue weighted by Crippen LogP contribution is -2.50. The monoisotopic (exact) mass is 322 g/mol. The highest BCUT2D eigenvalue weighted by Gasteiger charge is 2.38. The molecule has 1 aromatic rings. The minimum atomic E-state index is -0.674. The van der Waals surface area contributed by atoms with Crippen molar-refractivity contribution in [3.8, 4) is 0 Å². The number of ether oxygens (including phenoxy) is 4. The van der Waals surface area contributed by atoms with E-state index < -0.39 is 5.79 Å². The summed E-state index contributed by atoms with van der Waals surface area (Å²) in [6.45, 7) is 7.80. The number of carbonyl (C=O) groups excluding carboxylic acids is 1. The number of hydrogen-bond acceptors (Lipinski definition) is 5. The molecule has 0 bridgehead atoms. The van der Waals surface area contributed by atoms with Gasteiger partial charge >= 0.3 is 5.97 Å². The van der Waals surface area contributed by atoms with Crippen molar-refractivity contribution in [1.29, 1.82) is 0 Å². The second kappa shape index (κ2) is 7.90. The first-order chi connectivity index (χ1) is 10.9. The van der Waals surface area contributed by atoms with E-state index in [2.05, 4.69) is 0 Å². The quantitative estimate of drug-likeness (QED) is 0.753. The van der Waals surface area contributed by atoms with E-state index in [0.29, 0.717) is 13.0 Å². The molecule has 0 radical (unpaired) electrons. The van der Waals surface area contributed by atoms with Crippen molar-refractivity contribution in [2.45, 2.75) is 64.8 Å². The SMILES string of the molecule is CC(=O)OC[C@H](OCc1ccccc1)[C@H]1C[C@@H](C)OC(C)(C)O1. The van der Waals surface area contributed by atoms with E-state index in [1.54, 1.807) is 0 Å². The Kier molecular flexibility index (Phi) is 6.16. The fourth-order valence-electron chi connectivity index (χ4n) is 2.77. The van der Waals surface area contributed by atoms with Crippen molar-refractivity contribution in [1.82, 2.24) is 0 Å². The first-order valence-corrected chi connectivity index (χ1v) is 8.00. The largest absolute Gasteiger partial charge is 0.463 e. The van der Waals surface area contributed by atoms with Gasteiger partial charge in [-0.15, -0.1) is 0 Å². The summed E-state index contributed by atoms with van der Waals surface area (Å²) in [4.78, 5) is 11.2. The predicted octanol–water partition coefficient (Wildman–Crippen LogP) is 3.07. The Bertz CT molecular complexity index is 499. The first-order valence-electron chi connectivity index (χ1n) is 8.00.